The number of anilines is 2. The summed E-state index contributed by atoms with van der Waals surface area (Å²) in [6.45, 7) is 1.50. The number of rotatable bonds is 5. The molecule has 7 nitrogen and oxygen atoms in total. The first-order valence-electron chi connectivity index (χ1n) is 8.16. The van der Waals surface area contributed by atoms with Crippen molar-refractivity contribution >= 4 is 63.4 Å². The highest BCUT2D eigenvalue weighted by Gasteiger charge is 2.23. The van der Waals surface area contributed by atoms with Gasteiger partial charge in [-0.1, -0.05) is 23.2 Å². The van der Waals surface area contributed by atoms with Crippen LogP contribution in [-0.4, -0.2) is 16.7 Å². The average Bonchev–Trinajstić information content (AvgIpc) is 3.06. The van der Waals surface area contributed by atoms with Gasteiger partial charge in [-0.05, 0) is 49.4 Å². The van der Waals surface area contributed by atoms with Gasteiger partial charge in [-0.15, -0.1) is 11.3 Å². The van der Waals surface area contributed by atoms with Crippen molar-refractivity contribution in [1.82, 2.24) is 0 Å². The largest absolute Gasteiger partial charge is 0.322 e. The Balaban J connectivity index is 1.86. The summed E-state index contributed by atoms with van der Waals surface area (Å²) in [7, 11) is 0. The maximum Gasteiger partial charge on any atom is 0.283 e. The summed E-state index contributed by atoms with van der Waals surface area (Å²) in [5.74, 6) is -1.04. The van der Waals surface area contributed by atoms with E-state index in [4.69, 9.17) is 23.2 Å². The van der Waals surface area contributed by atoms with E-state index < -0.39 is 16.7 Å². The van der Waals surface area contributed by atoms with E-state index in [1.165, 1.54) is 30.5 Å². The fourth-order valence-electron chi connectivity index (χ4n) is 2.54. The van der Waals surface area contributed by atoms with E-state index in [0.29, 0.717) is 15.7 Å². The van der Waals surface area contributed by atoms with Gasteiger partial charge in [0.1, 0.15) is 4.88 Å². The molecular formula is C19H13Cl2N3O4S. The Kier molecular flexibility index (Phi) is 6.17. The molecule has 0 bridgehead atoms. The first kappa shape index (κ1) is 20.8. The Hall–Kier alpha value is -2.94. The van der Waals surface area contributed by atoms with E-state index in [-0.39, 0.29) is 27.4 Å². The maximum atomic E-state index is 12.7. The van der Waals surface area contributed by atoms with Crippen LogP contribution in [0.3, 0.4) is 0 Å². The lowest BCUT2D eigenvalue weighted by molar-refractivity contribution is -0.385. The molecule has 0 saturated heterocycles. The lowest BCUT2D eigenvalue weighted by atomic mass is 10.1. The number of benzene rings is 2. The molecule has 2 N–H and O–H groups in total. The number of carbonyl (C=O) groups is 2. The Morgan fingerprint density at radius 3 is 2.28 bits per heavy atom. The fraction of sp³-hybridized carbons (Fsp3) is 0.0526. The Morgan fingerprint density at radius 1 is 1.00 bits per heavy atom. The number of nitro groups is 1. The van der Waals surface area contributed by atoms with Crippen molar-refractivity contribution in [2.24, 2.45) is 0 Å². The summed E-state index contributed by atoms with van der Waals surface area (Å²) in [6.07, 6.45) is 0. The molecule has 0 radical (unpaired) electrons. The number of nitrogens with zero attached hydrogens (tertiary/aromatic N) is 1. The van der Waals surface area contributed by atoms with E-state index in [1.54, 1.807) is 24.3 Å². The van der Waals surface area contributed by atoms with Gasteiger partial charge in [0.15, 0.2) is 0 Å². The normalized spacial score (nSPS) is 10.4. The molecule has 2 aromatic carbocycles. The number of hydrogen-bond acceptors (Lipinski definition) is 5. The standard InChI is InChI=1S/C19H13Cl2N3O4S/c1-10-16(24(27)28)9-29-17(10)19(26)23-15-7-4-12(21)8-14(15)18(25)22-13-5-2-11(20)3-6-13/h2-9H,1H3,(H,22,25)(H,23,26). The predicted molar refractivity (Wildman–Crippen MR) is 115 cm³/mol. The number of thiophene rings is 1. The second-order valence-corrected chi connectivity index (χ2v) is 7.69. The summed E-state index contributed by atoms with van der Waals surface area (Å²) in [6, 6.07) is 11.0. The van der Waals surface area contributed by atoms with Crippen LogP contribution in [0.15, 0.2) is 47.8 Å². The molecule has 0 aliphatic rings. The quantitative estimate of drug-likeness (QED) is 0.380. The van der Waals surface area contributed by atoms with Gasteiger partial charge >= 0.3 is 0 Å². The molecule has 0 saturated carbocycles. The molecule has 0 spiro atoms. The number of amides is 2. The third-order valence-electron chi connectivity index (χ3n) is 3.99. The van der Waals surface area contributed by atoms with Crippen LogP contribution in [0.1, 0.15) is 25.6 Å². The molecule has 2 amide bonds. The van der Waals surface area contributed by atoms with Gasteiger partial charge in [0.05, 0.1) is 27.1 Å². The molecule has 29 heavy (non-hydrogen) atoms. The van der Waals surface area contributed by atoms with Crippen LogP contribution in [0.25, 0.3) is 0 Å². The zero-order chi connectivity index (χ0) is 21.1. The van der Waals surface area contributed by atoms with Gasteiger partial charge in [0.25, 0.3) is 17.5 Å². The lowest BCUT2D eigenvalue weighted by Gasteiger charge is -2.12. The first-order chi connectivity index (χ1) is 13.8. The highest BCUT2D eigenvalue weighted by Crippen LogP contribution is 2.30. The maximum absolute atomic E-state index is 12.7. The number of hydrogen-bond donors (Lipinski definition) is 2. The van der Waals surface area contributed by atoms with Crippen LogP contribution in [0.5, 0.6) is 0 Å². The van der Waals surface area contributed by atoms with E-state index >= 15 is 0 Å². The third kappa shape index (κ3) is 4.73. The number of halogens is 2. The van der Waals surface area contributed by atoms with Gasteiger partial charge in [-0.25, -0.2) is 0 Å². The van der Waals surface area contributed by atoms with Crippen molar-refractivity contribution in [3.8, 4) is 0 Å². The molecular weight excluding hydrogens is 437 g/mol. The lowest BCUT2D eigenvalue weighted by Crippen LogP contribution is -2.18. The van der Waals surface area contributed by atoms with Crippen LogP contribution in [0.2, 0.25) is 10.0 Å². The smallest absolute Gasteiger partial charge is 0.283 e. The highest BCUT2D eigenvalue weighted by molar-refractivity contribution is 7.12. The Morgan fingerprint density at radius 2 is 1.66 bits per heavy atom. The molecule has 0 aliphatic carbocycles. The monoisotopic (exact) mass is 449 g/mol. The fourth-order valence-corrected chi connectivity index (χ4v) is 3.77. The Labute approximate surface area is 179 Å². The van der Waals surface area contributed by atoms with Crippen molar-refractivity contribution in [1.29, 1.82) is 0 Å². The molecule has 1 aromatic heterocycles. The molecule has 3 aromatic rings. The topological polar surface area (TPSA) is 101 Å². The minimum absolute atomic E-state index is 0.128. The second-order valence-electron chi connectivity index (χ2n) is 5.94. The predicted octanol–water partition coefficient (Wildman–Crippen LogP) is 5.78. The Bertz CT molecular complexity index is 1110. The molecule has 0 unspecified atom stereocenters. The van der Waals surface area contributed by atoms with Crippen molar-refractivity contribution < 1.29 is 14.5 Å². The number of carbonyl (C=O) groups excluding carboxylic acids is 2. The van der Waals surface area contributed by atoms with Gasteiger partial charge in [0.2, 0.25) is 0 Å². The van der Waals surface area contributed by atoms with Gasteiger partial charge in [0, 0.05) is 15.7 Å². The third-order valence-corrected chi connectivity index (χ3v) is 5.55. The summed E-state index contributed by atoms with van der Waals surface area (Å²) in [5.41, 5.74) is 1.02. The van der Waals surface area contributed by atoms with Gasteiger partial charge in [-0.3, -0.25) is 19.7 Å². The van der Waals surface area contributed by atoms with Crippen molar-refractivity contribution in [3.05, 3.63) is 84.0 Å². The van der Waals surface area contributed by atoms with Crippen LogP contribution in [-0.2, 0) is 0 Å². The highest BCUT2D eigenvalue weighted by atomic mass is 35.5. The molecule has 1 heterocycles. The van der Waals surface area contributed by atoms with Gasteiger partial charge < -0.3 is 10.6 Å². The minimum Gasteiger partial charge on any atom is -0.322 e. The minimum atomic E-state index is -0.552. The zero-order valence-electron chi connectivity index (χ0n) is 14.9. The molecule has 0 aliphatic heterocycles. The number of nitrogens with one attached hydrogen (secondary N) is 2. The van der Waals surface area contributed by atoms with E-state index in [0.717, 1.165) is 11.3 Å². The van der Waals surface area contributed by atoms with Crippen LogP contribution in [0, 0.1) is 17.0 Å². The molecule has 3 rings (SSSR count). The van der Waals surface area contributed by atoms with E-state index in [9.17, 15) is 19.7 Å². The zero-order valence-corrected chi connectivity index (χ0v) is 17.2. The molecule has 0 atom stereocenters. The van der Waals surface area contributed by atoms with Crippen molar-refractivity contribution in [2.45, 2.75) is 6.92 Å². The van der Waals surface area contributed by atoms with E-state index in [2.05, 4.69) is 10.6 Å². The second kappa shape index (κ2) is 8.60. The summed E-state index contributed by atoms with van der Waals surface area (Å²) in [4.78, 5) is 36.0. The van der Waals surface area contributed by atoms with Crippen LogP contribution >= 0.6 is 34.5 Å². The summed E-state index contributed by atoms with van der Waals surface area (Å²) < 4.78 is 0. The molecule has 0 fully saturated rings. The SMILES string of the molecule is Cc1c([N+](=O)[O-])csc1C(=O)Nc1ccc(Cl)cc1C(=O)Nc1ccc(Cl)cc1. The van der Waals surface area contributed by atoms with Crippen molar-refractivity contribution in [3.63, 3.8) is 0 Å². The van der Waals surface area contributed by atoms with E-state index in [1.807, 2.05) is 0 Å². The molecule has 10 heteroatoms. The van der Waals surface area contributed by atoms with Crippen LogP contribution in [0.4, 0.5) is 17.1 Å². The van der Waals surface area contributed by atoms with Crippen molar-refractivity contribution in [2.75, 3.05) is 10.6 Å². The van der Waals surface area contributed by atoms with Gasteiger partial charge in [-0.2, -0.15) is 0 Å². The van der Waals surface area contributed by atoms with Crippen LogP contribution < -0.4 is 10.6 Å². The first-order valence-corrected chi connectivity index (χ1v) is 9.80. The summed E-state index contributed by atoms with van der Waals surface area (Å²) >= 11 is 12.8. The summed E-state index contributed by atoms with van der Waals surface area (Å²) in [5, 5.41) is 18.5. The molecule has 148 valence electrons. The average molecular weight is 450 g/mol.